The number of carboxylic acid groups (broad SMARTS) is 2. The maximum atomic E-state index is 10.4. The van der Waals surface area contributed by atoms with Gasteiger partial charge in [0.15, 0.2) is 0 Å². The van der Waals surface area contributed by atoms with Gasteiger partial charge in [-0.1, -0.05) is 37.3 Å². The van der Waals surface area contributed by atoms with Gasteiger partial charge < -0.3 is 26.4 Å². The number of nitrogens with one attached hydrogen (secondary N) is 1. The molecule has 0 saturated carbocycles. The van der Waals surface area contributed by atoms with E-state index in [0.29, 0.717) is 13.0 Å². The van der Waals surface area contributed by atoms with Crippen molar-refractivity contribution in [3.8, 4) is 0 Å². The topological polar surface area (TPSA) is 133 Å². The maximum absolute atomic E-state index is 10.4. The van der Waals surface area contributed by atoms with E-state index in [1.165, 1.54) is 0 Å². The summed E-state index contributed by atoms with van der Waals surface area (Å²) in [5.41, 5.74) is 6.30. The molecule has 2 unspecified atom stereocenters. The summed E-state index contributed by atoms with van der Waals surface area (Å²) in [6.07, 6.45) is 1.56. The third-order valence-electron chi connectivity index (χ3n) is 2.97. The molecule has 0 aliphatic carbocycles. The van der Waals surface area contributed by atoms with E-state index in [9.17, 15) is 9.59 Å². The molecule has 0 aliphatic heterocycles. The number of aliphatic carboxylic acids is 2. The minimum Gasteiger partial charge on any atom is -0.480 e. The van der Waals surface area contributed by atoms with Crippen molar-refractivity contribution in [2.45, 2.75) is 38.3 Å². The van der Waals surface area contributed by atoms with E-state index < -0.39 is 24.0 Å². The van der Waals surface area contributed by atoms with Crippen LogP contribution in [0, 0.1) is 0 Å². The third-order valence-corrected chi connectivity index (χ3v) is 2.97. The molecular weight excluding hydrogens is 300 g/mol. The molecule has 0 bridgehead atoms. The van der Waals surface area contributed by atoms with E-state index in [2.05, 4.69) is 5.32 Å². The van der Waals surface area contributed by atoms with Crippen LogP contribution in [0.3, 0.4) is 0 Å². The van der Waals surface area contributed by atoms with Crippen molar-refractivity contribution in [3.05, 3.63) is 35.9 Å². The zero-order chi connectivity index (χ0) is 17.7. The van der Waals surface area contributed by atoms with Crippen LogP contribution in [0.15, 0.2) is 30.3 Å². The van der Waals surface area contributed by atoms with Gasteiger partial charge in [0.2, 0.25) is 0 Å². The van der Waals surface area contributed by atoms with E-state index >= 15 is 0 Å². The van der Waals surface area contributed by atoms with Crippen LogP contribution in [-0.4, -0.2) is 52.5 Å². The van der Waals surface area contributed by atoms with Crippen molar-refractivity contribution in [2.24, 2.45) is 5.73 Å². The SMILES string of the molecule is CCCNC(CCO)C(=O)O.NC(Cc1ccccc1)C(=O)O. The molecule has 0 aliphatic rings. The number of hydrogen-bond donors (Lipinski definition) is 5. The first-order valence-electron chi connectivity index (χ1n) is 7.51. The Hall–Kier alpha value is -1.96. The third kappa shape index (κ3) is 10.4. The Balaban J connectivity index is 0.000000423. The van der Waals surface area contributed by atoms with Crippen LogP contribution in [0.2, 0.25) is 0 Å². The lowest BCUT2D eigenvalue weighted by Crippen LogP contribution is -2.37. The molecular formula is C16H26N2O5. The maximum Gasteiger partial charge on any atom is 0.320 e. The predicted molar refractivity (Wildman–Crippen MR) is 87.2 cm³/mol. The zero-order valence-electron chi connectivity index (χ0n) is 13.3. The molecule has 0 amide bonds. The lowest BCUT2D eigenvalue weighted by molar-refractivity contribution is -0.140. The highest BCUT2D eigenvalue weighted by molar-refractivity contribution is 5.73. The van der Waals surface area contributed by atoms with Crippen LogP contribution in [-0.2, 0) is 16.0 Å². The number of hydrogen-bond acceptors (Lipinski definition) is 5. The first kappa shape index (κ1) is 21.0. The summed E-state index contributed by atoms with van der Waals surface area (Å²) >= 11 is 0. The van der Waals surface area contributed by atoms with Gasteiger partial charge in [0.1, 0.15) is 12.1 Å². The first-order chi connectivity index (χ1) is 10.9. The van der Waals surface area contributed by atoms with E-state index in [1.807, 2.05) is 37.3 Å². The standard InChI is InChI=1S/C9H11NO2.C7H15NO3/c10-8(9(11)12)6-7-4-2-1-3-5-7;1-2-4-8-6(3-5-9)7(10)11/h1-5,8H,6,10H2,(H,11,12);6,8-9H,2-5H2,1H3,(H,10,11). The summed E-state index contributed by atoms with van der Waals surface area (Å²) in [6.45, 7) is 2.55. The van der Waals surface area contributed by atoms with Crippen molar-refractivity contribution in [1.29, 1.82) is 0 Å². The van der Waals surface area contributed by atoms with Crippen LogP contribution in [0.25, 0.3) is 0 Å². The number of benzene rings is 1. The van der Waals surface area contributed by atoms with Gasteiger partial charge in [-0.15, -0.1) is 0 Å². The number of carboxylic acids is 2. The van der Waals surface area contributed by atoms with Crippen LogP contribution in [0.5, 0.6) is 0 Å². The quantitative estimate of drug-likeness (QED) is 0.445. The summed E-state index contributed by atoms with van der Waals surface area (Å²) < 4.78 is 0. The van der Waals surface area contributed by atoms with Gasteiger partial charge in [-0.05, 0) is 31.4 Å². The van der Waals surface area contributed by atoms with E-state index in [4.69, 9.17) is 21.1 Å². The minimum absolute atomic E-state index is 0.0896. The first-order valence-corrected chi connectivity index (χ1v) is 7.51. The molecule has 0 spiro atoms. The zero-order valence-corrected chi connectivity index (χ0v) is 13.3. The van der Waals surface area contributed by atoms with Gasteiger partial charge in [-0.25, -0.2) is 0 Å². The fourth-order valence-corrected chi connectivity index (χ4v) is 1.72. The molecule has 23 heavy (non-hydrogen) atoms. The summed E-state index contributed by atoms with van der Waals surface area (Å²) in [4.78, 5) is 20.8. The monoisotopic (exact) mass is 326 g/mol. The van der Waals surface area contributed by atoms with E-state index in [-0.39, 0.29) is 13.0 Å². The summed E-state index contributed by atoms with van der Waals surface area (Å²) in [5, 5.41) is 28.4. The molecule has 7 nitrogen and oxygen atoms in total. The Kier molecular flexibility index (Phi) is 11.5. The summed E-state index contributed by atoms with van der Waals surface area (Å²) in [6, 6.07) is 7.95. The van der Waals surface area contributed by atoms with Crippen molar-refractivity contribution < 1.29 is 24.9 Å². The fourth-order valence-electron chi connectivity index (χ4n) is 1.72. The molecule has 1 rings (SSSR count). The van der Waals surface area contributed by atoms with Crippen molar-refractivity contribution >= 4 is 11.9 Å². The van der Waals surface area contributed by atoms with Crippen molar-refractivity contribution in [1.82, 2.24) is 5.32 Å². The number of aliphatic hydroxyl groups is 1. The van der Waals surface area contributed by atoms with Gasteiger partial charge in [0.05, 0.1) is 0 Å². The Morgan fingerprint density at radius 2 is 1.78 bits per heavy atom. The lowest BCUT2D eigenvalue weighted by Gasteiger charge is -2.11. The molecule has 0 aromatic heterocycles. The highest BCUT2D eigenvalue weighted by Crippen LogP contribution is 2.01. The number of nitrogens with two attached hydrogens (primary N) is 1. The van der Waals surface area contributed by atoms with Crippen LogP contribution in [0.4, 0.5) is 0 Å². The van der Waals surface area contributed by atoms with Gasteiger partial charge in [0, 0.05) is 6.61 Å². The van der Waals surface area contributed by atoms with Crippen molar-refractivity contribution in [3.63, 3.8) is 0 Å². The summed E-state index contributed by atoms with van der Waals surface area (Å²) in [5.74, 6) is -1.86. The largest absolute Gasteiger partial charge is 0.480 e. The second-order valence-electron chi connectivity index (χ2n) is 4.99. The molecule has 2 atom stereocenters. The van der Waals surface area contributed by atoms with Crippen LogP contribution >= 0.6 is 0 Å². The highest BCUT2D eigenvalue weighted by atomic mass is 16.4. The number of rotatable bonds is 9. The number of carbonyl (C=O) groups is 2. The van der Waals surface area contributed by atoms with E-state index in [1.54, 1.807) is 0 Å². The molecule has 0 saturated heterocycles. The van der Waals surface area contributed by atoms with Gasteiger partial charge in [-0.2, -0.15) is 0 Å². The van der Waals surface area contributed by atoms with Gasteiger partial charge >= 0.3 is 11.9 Å². The number of aliphatic hydroxyl groups excluding tert-OH is 1. The average Bonchev–Trinajstić information content (AvgIpc) is 2.52. The molecule has 0 fully saturated rings. The Bertz CT molecular complexity index is 453. The molecule has 0 radical (unpaired) electrons. The normalized spacial score (nSPS) is 12.7. The van der Waals surface area contributed by atoms with Gasteiger partial charge in [-0.3, -0.25) is 9.59 Å². The van der Waals surface area contributed by atoms with Gasteiger partial charge in [0.25, 0.3) is 0 Å². The molecule has 7 heteroatoms. The highest BCUT2D eigenvalue weighted by Gasteiger charge is 2.14. The molecule has 0 heterocycles. The van der Waals surface area contributed by atoms with Crippen LogP contribution < -0.4 is 11.1 Å². The minimum atomic E-state index is -0.959. The molecule has 130 valence electrons. The molecule has 6 N–H and O–H groups in total. The molecule has 1 aromatic rings. The molecule has 1 aromatic carbocycles. The van der Waals surface area contributed by atoms with Crippen molar-refractivity contribution in [2.75, 3.05) is 13.2 Å². The predicted octanol–water partition coefficient (Wildman–Crippen LogP) is 0.463. The second-order valence-corrected chi connectivity index (χ2v) is 4.99. The Morgan fingerprint density at radius 1 is 1.17 bits per heavy atom. The Labute approximate surface area is 136 Å². The fraction of sp³-hybridized carbons (Fsp3) is 0.500. The Morgan fingerprint density at radius 3 is 2.22 bits per heavy atom. The second kappa shape index (κ2) is 12.6. The summed E-state index contributed by atoms with van der Waals surface area (Å²) in [7, 11) is 0. The lowest BCUT2D eigenvalue weighted by atomic mass is 10.1. The smallest absolute Gasteiger partial charge is 0.320 e. The van der Waals surface area contributed by atoms with Crippen LogP contribution in [0.1, 0.15) is 25.3 Å². The average molecular weight is 326 g/mol. The van der Waals surface area contributed by atoms with E-state index in [0.717, 1.165) is 12.0 Å².